The van der Waals surface area contributed by atoms with E-state index in [9.17, 15) is 13.2 Å². The molecule has 0 amide bonds. The lowest BCUT2D eigenvalue weighted by Crippen LogP contribution is -2.36. The maximum absolute atomic E-state index is 12.8. The molecule has 1 aliphatic carbocycles. The summed E-state index contributed by atoms with van der Waals surface area (Å²) in [6, 6.07) is 0. The third-order valence-electron chi connectivity index (χ3n) is 3.54. The van der Waals surface area contributed by atoms with Crippen molar-refractivity contribution in [2.45, 2.75) is 19.0 Å². The van der Waals surface area contributed by atoms with Crippen LogP contribution in [0.25, 0.3) is 5.57 Å². The molecule has 0 N–H and O–H groups in total. The topological polar surface area (TPSA) is 25.4 Å². The van der Waals surface area contributed by atoms with Crippen LogP contribution in [0.3, 0.4) is 0 Å². The molecule has 21 heavy (non-hydrogen) atoms. The van der Waals surface area contributed by atoms with Crippen LogP contribution in [0.2, 0.25) is 0 Å². The highest BCUT2D eigenvalue weighted by atomic mass is 32.1. The van der Waals surface area contributed by atoms with Gasteiger partial charge in [-0.25, -0.2) is 4.98 Å². The number of rotatable bonds is 2. The monoisotopic (exact) mass is 316 g/mol. The van der Waals surface area contributed by atoms with Crippen molar-refractivity contribution in [3.05, 3.63) is 28.8 Å². The van der Waals surface area contributed by atoms with Gasteiger partial charge >= 0.3 is 6.18 Å². The molecule has 3 nitrogen and oxygen atoms in total. The van der Waals surface area contributed by atoms with E-state index in [0.717, 1.165) is 18.2 Å². The molecule has 0 saturated carbocycles. The zero-order valence-corrected chi connectivity index (χ0v) is 12.1. The summed E-state index contributed by atoms with van der Waals surface area (Å²) in [6.07, 6.45) is -0.800. The van der Waals surface area contributed by atoms with E-state index in [1.807, 2.05) is 5.38 Å². The summed E-state index contributed by atoms with van der Waals surface area (Å²) in [7, 11) is 0. The molecule has 0 unspecified atom stereocenters. The molecule has 1 aromatic rings. The number of hydrogen-bond acceptors (Lipinski definition) is 4. The van der Waals surface area contributed by atoms with Gasteiger partial charge in [-0.2, -0.15) is 13.2 Å². The molecule has 7 heteroatoms. The van der Waals surface area contributed by atoms with Crippen LogP contribution in [-0.2, 0) is 4.74 Å². The fraction of sp³-hybridized carbons (Fsp3) is 0.500. The number of aromatic nitrogens is 1. The Morgan fingerprint density at radius 1 is 1.24 bits per heavy atom. The fourth-order valence-corrected chi connectivity index (χ4v) is 3.32. The number of thiazole rings is 1. The van der Waals surface area contributed by atoms with E-state index >= 15 is 0 Å². The molecule has 114 valence electrons. The first kappa shape index (κ1) is 14.6. The molecule has 1 fully saturated rings. The van der Waals surface area contributed by atoms with Crippen LogP contribution in [0.1, 0.15) is 18.5 Å². The van der Waals surface area contributed by atoms with Gasteiger partial charge in [0, 0.05) is 18.5 Å². The third kappa shape index (κ3) is 3.29. The highest BCUT2D eigenvalue weighted by Gasteiger charge is 2.33. The minimum absolute atomic E-state index is 0.408. The Morgan fingerprint density at radius 3 is 2.71 bits per heavy atom. The molecule has 1 aromatic heterocycles. The molecule has 0 radical (unpaired) electrons. The van der Waals surface area contributed by atoms with Crippen LogP contribution >= 0.6 is 11.3 Å². The number of hydrogen-bond donors (Lipinski definition) is 0. The SMILES string of the molecule is FC(F)(F)C1=CCCC(c2csc(N3CCOCC3)n2)=C1. The van der Waals surface area contributed by atoms with Gasteiger partial charge in [0.05, 0.1) is 24.5 Å². The first-order valence-corrected chi connectivity index (χ1v) is 7.68. The summed E-state index contributed by atoms with van der Waals surface area (Å²) < 4.78 is 43.6. The Morgan fingerprint density at radius 2 is 2.00 bits per heavy atom. The summed E-state index contributed by atoms with van der Waals surface area (Å²) in [5, 5.41) is 2.70. The quantitative estimate of drug-likeness (QED) is 0.833. The summed E-state index contributed by atoms with van der Waals surface area (Å²) in [5.41, 5.74) is 0.765. The first-order chi connectivity index (χ1) is 10.0. The van der Waals surface area contributed by atoms with Crippen LogP contribution in [0, 0.1) is 0 Å². The second-order valence-electron chi connectivity index (χ2n) is 4.98. The summed E-state index contributed by atoms with van der Waals surface area (Å²) in [4.78, 5) is 6.61. The zero-order chi connectivity index (χ0) is 14.9. The van der Waals surface area contributed by atoms with Gasteiger partial charge in [-0.05, 0) is 24.5 Å². The second kappa shape index (κ2) is 5.81. The molecule has 3 rings (SSSR count). The largest absolute Gasteiger partial charge is 0.416 e. The summed E-state index contributed by atoms with van der Waals surface area (Å²) >= 11 is 1.48. The Hall–Kier alpha value is -1.34. The fourth-order valence-electron chi connectivity index (χ4n) is 2.41. The molecule has 2 aliphatic rings. The Balaban J connectivity index is 1.80. The lowest BCUT2D eigenvalue weighted by Gasteiger charge is -2.26. The Bertz CT molecular complexity index is 571. The van der Waals surface area contributed by atoms with Gasteiger partial charge in [-0.3, -0.25) is 0 Å². The average Bonchev–Trinajstić information content (AvgIpc) is 2.97. The normalized spacial score (nSPS) is 20.2. The van der Waals surface area contributed by atoms with E-state index in [0.29, 0.717) is 37.3 Å². The highest BCUT2D eigenvalue weighted by molar-refractivity contribution is 7.13. The van der Waals surface area contributed by atoms with E-state index < -0.39 is 11.7 Å². The molecule has 0 spiro atoms. The zero-order valence-electron chi connectivity index (χ0n) is 11.3. The van der Waals surface area contributed by atoms with E-state index in [2.05, 4.69) is 9.88 Å². The van der Waals surface area contributed by atoms with Crippen molar-refractivity contribution in [1.29, 1.82) is 0 Å². The average molecular weight is 316 g/mol. The van der Waals surface area contributed by atoms with Gasteiger partial charge in [-0.1, -0.05) is 6.08 Å². The lowest BCUT2D eigenvalue weighted by atomic mass is 9.97. The number of anilines is 1. The smallest absolute Gasteiger partial charge is 0.378 e. The standard InChI is InChI=1S/C14H15F3N2OS/c15-14(16,17)11-3-1-2-10(8-11)12-9-21-13(18-12)19-4-6-20-7-5-19/h3,8-9H,1-2,4-7H2. The number of halogens is 3. The van der Waals surface area contributed by atoms with Gasteiger partial charge in [0.1, 0.15) is 0 Å². The van der Waals surface area contributed by atoms with Crippen molar-refractivity contribution in [3.63, 3.8) is 0 Å². The Labute approximate surface area is 124 Å². The van der Waals surface area contributed by atoms with Gasteiger partial charge in [0.25, 0.3) is 0 Å². The van der Waals surface area contributed by atoms with Gasteiger partial charge in [0.15, 0.2) is 5.13 Å². The number of allylic oxidation sites excluding steroid dienone is 4. The van der Waals surface area contributed by atoms with E-state index in [-0.39, 0.29) is 0 Å². The minimum Gasteiger partial charge on any atom is -0.378 e. The molecule has 0 aromatic carbocycles. The predicted octanol–water partition coefficient (Wildman–Crippen LogP) is 3.65. The number of alkyl halides is 3. The maximum Gasteiger partial charge on any atom is 0.416 e. The summed E-state index contributed by atoms with van der Waals surface area (Å²) in [5.74, 6) is 0. The second-order valence-corrected chi connectivity index (χ2v) is 5.82. The number of morpholine rings is 1. The van der Waals surface area contributed by atoms with Crippen LogP contribution in [0.15, 0.2) is 23.1 Å². The van der Waals surface area contributed by atoms with Crippen LogP contribution in [0.4, 0.5) is 18.3 Å². The van der Waals surface area contributed by atoms with E-state index in [4.69, 9.17) is 4.74 Å². The van der Waals surface area contributed by atoms with Crippen molar-refractivity contribution in [2.24, 2.45) is 0 Å². The molecular weight excluding hydrogens is 301 g/mol. The highest BCUT2D eigenvalue weighted by Crippen LogP contribution is 2.36. The molecule has 2 heterocycles. The van der Waals surface area contributed by atoms with Crippen LogP contribution < -0.4 is 4.90 Å². The minimum atomic E-state index is -4.28. The van der Waals surface area contributed by atoms with Gasteiger partial charge < -0.3 is 9.64 Å². The van der Waals surface area contributed by atoms with Crippen molar-refractivity contribution in [1.82, 2.24) is 4.98 Å². The number of nitrogens with zero attached hydrogens (tertiary/aromatic N) is 2. The Kier molecular flexibility index (Phi) is 4.03. The van der Waals surface area contributed by atoms with Gasteiger partial charge in [0.2, 0.25) is 0 Å². The van der Waals surface area contributed by atoms with Crippen LogP contribution in [-0.4, -0.2) is 37.5 Å². The van der Waals surface area contributed by atoms with Crippen LogP contribution in [0.5, 0.6) is 0 Å². The number of ether oxygens (including phenoxy) is 1. The maximum atomic E-state index is 12.8. The summed E-state index contributed by atoms with van der Waals surface area (Å²) in [6.45, 7) is 2.89. The van der Waals surface area contributed by atoms with E-state index in [1.54, 1.807) is 0 Å². The molecule has 0 atom stereocenters. The van der Waals surface area contributed by atoms with Gasteiger partial charge in [-0.15, -0.1) is 11.3 Å². The lowest BCUT2D eigenvalue weighted by molar-refractivity contribution is -0.0885. The third-order valence-corrected chi connectivity index (χ3v) is 4.44. The van der Waals surface area contributed by atoms with Crippen molar-refractivity contribution in [2.75, 3.05) is 31.2 Å². The van der Waals surface area contributed by atoms with Crippen molar-refractivity contribution >= 4 is 22.0 Å². The molecule has 1 saturated heterocycles. The first-order valence-electron chi connectivity index (χ1n) is 6.80. The van der Waals surface area contributed by atoms with Crippen molar-refractivity contribution < 1.29 is 17.9 Å². The molecule has 1 aliphatic heterocycles. The van der Waals surface area contributed by atoms with E-state index in [1.165, 1.54) is 23.5 Å². The predicted molar refractivity (Wildman–Crippen MR) is 76.5 cm³/mol. The molecule has 0 bridgehead atoms. The molecular formula is C14H15F3N2OS. The van der Waals surface area contributed by atoms with Crippen molar-refractivity contribution in [3.8, 4) is 0 Å².